The van der Waals surface area contributed by atoms with Gasteiger partial charge in [-0.25, -0.2) is 14.4 Å². The number of halogens is 1. The molecule has 0 atom stereocenters. The van der Waals surface area contributed by atoms with Gasteiger partial charge in [0.05, 0.1) is 0 Å². The van der Waals surface area contributed by atoms with E-state index in [0.717, 1.165) is 29.5 Å². The maximum Gasteiger partial charge on any atom is 0.137 e. The van der Waals surface area contributed by atoms with Gasteiger partial charge in [0.15, 0.2) is 0 Å². The molecule has 5 heteroatoms. The summed E-state index contributed by atoms with van der Waals surface area (Å²) in [5, 5.41) is 3.77. The Morgan fingerprint density at radius 3 is 2.74 bits per heavy atom. The van der Waals surface area contributed by atoms with E-state index in [4.69, 9.17) is 0 Å². The van der Waals surface area contributed by atoms with Crippen LogP contribution in [0.15, 0.2) is 40.3 Å². The molecule has 0 aliphatic carbocycles. The Labute approximate surface area is 116 Å². The molecular weight excluding hydrogens is 261 g/mol. The lowest BCUT2D eigenvalue weighted by atomic mass is 10.3. The van der Waals surface area contributed by atoms with Gasteiger partial charge < -0.3 is 5.32 Å². The zero-order valence-electron chi connectivity index (χ0n) is 11.0. The molecule has 0 saturated heterocycles. The fourth-order valence-electron chi connectivity index (χ4n) is 1.63. The third kappa shape index (κ3) is 3.67. The number of rotatable bonds is 5. The highest BCUT2D eigenvalue weighted by Gasteiger charge is 2.08. The van der Waals surface area contributed by atoms with E-state index >= 15 is 0 Å². The standard InChI is InChI=1S/C14H16FN3S/c1-3-6-12-17-13(16-2)9-14(18-12)19-11-8-5-4-7-10(11)15/h4-5,7-9H,3,6H2,1-2H3,(H,16,17,18). The van der Waals surface area contributed by atoms with Crippen molar-refractivity contribution in [3.05, 3.63) is 42.0 Å². The fraction of sp³-hybridized carbons (Fsp3) is 0.286. The van der Waals surface area contributed by atoms with E-state index in [9.17, 15) is 4.39 Å². The van der Waals surface area contributed by atoms with Gasteiger partial charge in [-0.1, -0.05) is 30.8 Å². The van der Waals surface area contributed by atoms with E-state index in [1.54, 1.807) is 12.1 Å². The summed E-state index contributed by atoms with van der Waals surface area (Å²) < 4.78 is 13.6. The zero-order valence-corrected chi connectivity index (χ0v) is 11.8. The largest absolute Gasteiger partial charge is 0.373 e. The van der Waals surface area contributed by atoms with Gasteiger partial charge in [-0.05, 0) is 18.6 Å². The highest BCUT2D eigenvalue weighted by molar-refractivity contribution is 7.99. The number of aryl methyl sites for hydroxylation is 1. The first-order valence-electron chi connectivity index (χ1n) is 6.21. The van der Waals surface area contributed by atoms with Crippen LogP contribution in [0.5, 0.6) is 0 Å². The molecule has 0 aliphatic heterocycles. The normalized spacial score (nSPS) is 10.5. The number of hydrogen-bond acceptors (Lipinski definition) is 4. The first-order valence-corrected chi connectivity index (χ1v) is 7.02. The number of nitrogens with one attached hydrogen (secondary N) is 1. The summed E-state index contributed by atoms with van der Waals surface area (Å²) in [6.07, 6.45) is 1.80. The van der Waals surface area contributed by atoms with Crippen molar-refractivity contribution in [1.82, 2.24) is 9.97 Å². The number of nitrogens with zero attached hydrogens (tertiary/aromatic N) is 2. The van der Waals surface area contributed by atoms with Crippen molar-refractivity contribution < 1.29 is 4.39 Å². The molecule has 1 heterocycles. The molecule has 0 unspecified atom stereocenters. The van der Waals surface area contributed by atoms with E-state index in [0.29, 0.717) is 4.90 Å². The Morgan fingerprint density at radius 1 is 1.26 bits per heavy atom. The maximum absolute atomic E-state index is 13.6. The molecule has 0 fully saturated rings. The van der Waals surface area contributed by atoms with Crippen LogP contribution < -0.4 is 5.32 Å². The van der Waals surface area contributed by atoms with Gasteiger partial charge in [-0.2, -0.15) is 0 Å². The second kappa shape index (κ2) is 6.52. The van der Waals surface area contributed by atoms with Gasteiger partial charge in [0, 0.05) is 24.4 Å². The van der Waals surface area contributed by atoms with E-state index < -0.39 is 0 Å². The molecule has 0 amide bonds. The summed E-state index contributed by atoms with van der Waals surface area (Å²) in [4.78, 5) is 9.40. The predicted octanol–water partition coefficient (Wildman–Crippen LogP) is 3.76. The summed E-state index contributed by atoms with van der Waals surface area (Å²) in [5.74, 6) is 1.32. The van der Waals surface area contributed by atoms with Gasteiger partial charge in [0.1, 0.15) is 22.5 Å². The summed E-state index contributed by atoms with van der Waals surface area (Å²) in [5.41, 5.74) is 0. The minimum Gasteiger partial charge on any atom is -0.373 e. The lowest BCUT2D eigenvalue weighted by Gasteiger charge is -2.07. The Hall–Kier alpha value is -1.62. The number of anilines is 1. The molecule has 1 aromatic carbocycles. The SMILES string of the molecule is CCCc1nc(NC)cc(Sc2ccccc2F)n1. The summed E-state index contributed by atoms with van der Waals surface area (Å²) in [6, 6.07) is 8.53. The molecule has 3 nitrogen and oxygen atoms in total. The quantitative estimate of drug-likeness (QED) is 0.844. The van der Waals surface area contributed by atoms with Crippen LogP contribution in [-0.4, -0.2) is 17.0 Å². The Bertz CT molecular complexity index is 560. The van der Waals surface area contributed by atoms with Crippen molar-refractivity contribution in [3.63, 3.8) is 0 Å². The van der Waals surface area contributed by atoms with Crippen molar-refractivity contribution in [3.8, 4) is 0 Å². The lowest BCUT2D eigenvalue weighted by molar-refractivity contribution is 0.602. The minimum atomic E-state index is -0.228. The molecule has 0 bridgehead atoms. The third-order valence-electron chi connectivity index (χ3n) is 2.53. The lowest BCUT2D eigenvalue weighted by Crippen LogP contribution is -2.01. The third-order valence-corrected chi connectivity index (χ3v) is 3.50. The maximum atomic E-state index is 13.6. The molecule has 1 aromatic heterocycles. The second-order valence-electron chi connectivity index (χ2n) is 4.04. The Balaban J connectivity index is 2.29. The highest BCUT2D eigenvalue weighted by Crippen LogP contribution is 2.29. The molecule has 0 saturated carbocycles. The molecule has 2 aromatic rings. The van der Waals surface area contributed by atoms with Gasteiger partial charge in [0.2, 0.25) is 0 Å². The minimum absolute atomic E-state index is 0.228. The molecule has 100 valence electrons. The Morgan fingerprint density at radius 2 is 2.05 bits per heavy atom. The smallest absolute Gasteiger partial charge is 0.137 e. The molecule has 0 radical (unpaired) electrons. The fourth-order valence-corrected chi connectivity index (χ4v) is 2.49. The van der Waals surface area contributed by atoms with Gasteiger partial charge in [-0.15, -0.1) is 0 Å². The van der Waals surface area contributed by atoms with E-state index in [2.05, 4.69) is 22.2 Å². The Kier molecular flexibility index (Phi) is 4.74. The van der Waals surface area contributed by atoms with E-state index in [1.807, 2.05) is 19.2 Å². The summed E-state index contributed by atoms with van der Waals surface area (Å²) >= 11 is 1.32. The van der Waals surface area contributed by atoms with Crippen LogP contribution in [0.2, 0.25) is 0 Å². The van der Waals surface area contributed by atoms with Crippen molar-refractivity contribution in [2.24, 2.45) is 0 Å². The monoisotopic (exact) mass is 277 g/mol. The van der Waals surface area contributed by atoms with Crippen molar-refractivity contribution in [2.45, 2.75) is 29.7 Å². The number of aromatic nitrogens is 2. The summed E-state index contributed by atoms with van der Waals surface area (Å²) in [6.45, 7) is 2.08. The van der Waals surface area contributed by atoms with Crippen LogP contribution in [0, 0.1) is 5.82 Å². The van der Waals surface area contributed by atoms with Crippen LogP contribution in [0.25, 0.3) is 0 Å². The van der Waals surface area contributed by atoms with Crippen molar-refractivity contribution in [2.75, 3.05) is 12.4 Å². The molecule has 0 spiro atoms. The van der Waals surface area contributed by atoms with Crippen molar-refractivity contribution in [1.29, 1.82) is 0 Å². The number of hydrogen-bond donors (Lipinski definition) is 1. The molecular formula is C14H16FN3S. The van der Waals surface area contributed by atoms with E-state index in [-0.39, 0.29) is 5.82 Å². The topological polar surface area (TPSA) is 37.8 Å². The second-order valence-corrected chi connectivity index (χ2v) is 5.10. The van der Waals surface area contributed by atoms with Crippen LogP contribution in [-0.2, 0) is 6.42 Å². The zero-order chi connectivity index (χ0) is 13.7. The van der Waals surface area contributed by atoms with Gasteiger partial charge >= 0.3 is 0 Å². The average Bonchev–Trinajstić information content (AvgIpc) is 2.41. The first-order chi connectivity index (χ1) is 9.22. The average molecular weight is 277 g/mol. The highest BCUT2D eigenvalue weighted by atomic mass is 32.2. The molecule has 19 heavy (non-hydrogen) atoms. The van der Waals surface area contributed by atoms with Crippen molar-refractivity contribution >= 4 is 17.6 Å². The van der Waals surface area contributed by atoms with Crippen LogP contribution in [0.3, 0.4) is 0 Å². The van der Waals surface area contributed by atoms with Crippen LogP contribution in [0.4, 0.5) is 10.2 Å². The predicted molar refractivity (Wildman–Crippen MR) is 76.1 cm³/mol. The summed E-state index contributed by atoms with van der Waals surface area (Å²) in [7, 11) is 1.82. The van der Waals surface area contributed by atoms with Crippen LogP contribution in [0.1, 0.15) is 19.2 Å². The first kappa shape index (κ1) is 13.8. The molecule has 0 aliphatic rings. The molecule has 2 rings (SSSR count). The van der Waals surface area contributed by atoms with Gasteiger partial charge in [0.25, 0.3) is 0 Å². The van der Waals surface area contributed by atoms with E-state index in [1.165, 1.54) is 17.8 Å². The van der Waals surface area contributed by atoms with Crippen LogP contribution >= 0.6 is 11.8 Å². The number of benzene rings is 1. The van der Waals surface area contributed by atoms with Gasteiger partial charge in [-0.3, -0.25) is 0 Å². The molecule has 1 N–H and O–H groups in total.